The van der Waals surface area contributed by atoms with Crippen molar-refractivity contribution in [1.82, 2.24) is 5.32 Å². The van der Waals surface area contributed by atoms with Crippen molar-refractivity contribution in [1.29, 1.82) is 0 Å². The normalized spacial score (nSPS) is 25.5. The quantitative estimate of drug-likeness (QED) is 0.737. The van der Waals surface area contributed by atoms with Gasteiger partial charge in [0.25, 0.3) is 0 Å². The summed E-state index contributed by atoms with van der Waals surface area (Å²) in [7, 11) is 0. The topological polar surface area (TPSA) is 46.2 Å². The van der Waals surface area contributed by atoms with Crippen LogP contribution < -0.4 is 5.32 Å². The summed E-state index contributed by atoms with van der Waals surface area (Å²) in [5.41, 5.74) is 4.60. The molecule has 2 heterocycles. The zero-order valence-corrected chi connectivity index (χ0v) is 16.7. The Morgan fingerprint density at radius 2 is 1.68 bits per heavy atom. The van der Waals surface area contributed by atoms with Gasteiger partial charge in [0, 0.05) is 45.1 Å². The lowest BCUT2D eigenvalue weighted by Crippen LogP contribution is -2.40. The summed E-state index contributed by atoms with van der Waals surface area (Å²) in [6.07, 6.45) is 1.38. The molecule has 4 rings (SSSR count). The number of benzene rings is 1. The molecule has 0 saturated heterocycles. The molecule has 1 aromatic carbocycles. The van der Waals surface area contributed by atoms with Crippen LogP contribution in [0.15, 0.2) is 51.3 Å². The summed E-state index contributed by atoms with van der Waals surface area (Å²) in [6, 6.07) is 8.02. The third-order valence-electron chi connectivity index (χ3n) is 5.11. The van der Waals surface area contributed by atoms with Gasteiger partial charge in [0.05, 0.1) is 5.75 Å². The molecule has 0 amide bonds. The van der Waals surface area contributed by atoms with Gasteiger partial charge in [0.15, 0.2) is 11.6 Å². The van der Waals surface area contributed by atoms with Gasteiger partial charge in [-0.2, -0.15) is 0 Å². The number of halogens is 1. The van der Waals surface area contributed by atoms with Crippen molar-refractivity contribution >= 4 is 39.3 Å². The number of carbonyl (C=O) groups is 2. The van der Waals surface area contributed by atoms with E-state index in [2.05, 4.69) is 35.1 Å². The number of carbonyl (C=O) groups excluding carboxylic acids is 2. The van der Waals surface area contributed by atoms with Gasteiger partial charge in [-0.25, -0.2) is 0 Å². The summed E-state index contributed by atoms with van der Waals surface area (Å²) < 4.78 is 0.996. The lowest BCUT2D eigenvalue weighted by atomic mass is 9.68. The fraction of sp³-hybridized carbons (Fsp3) is 0.400. The second-order valence-electron chi connectivity index (χ2n) is 7.75. The molecular weight excluding hydrogens is 398 g/mol. The van der Waals surface area contributed by atoms with E-state index in [1.165, 1.54) is 0 Å². The number of nitrogens with one attached hydrogen (secondary N) is 1. The Morgan fingerprint density at radius 1 is 1.00 bits per heavy atom. The van der Waals surface area contributed by atoms with Gasteiger partial charge in [0.1, 0.15) is 0 Å². The van der Waals surface area contributed by atoms with Crippen LogP contribution in [0.5, 0.6) is 0 Å². The first kappa shape index (κ1) is 17.1. The van der Waals surface area contributed by atoms with Crippen LogP contribution in [0.1, 0.15) is 38.2 Å². The molecule has 1 aliphatic carbocycles. The lowest BCUT2D eigenvalue weighted by molar-refractivity contribution is -0.118. The zero-order valence-electron chi connectivity index (χ0n) is 14.3. The summed E-state index contributed by atoms with van der Waals surface area (Å²) in [5.74, 6) is 1.39. The minimum absolute atomic E-state index is 0.0446. The Hall–Kier alpha value is -1.33. The molecule has 2 aliphatic heterocycles. The van der Waals surface area contributed by atoms with Gasteiger partial charge in [-0.15, -0.1) is 11.8 Å². The minimum atomic E-state index is -0.226. The predicted octanol–water partition coefficient (Wildman–Crippen LogP) is 4.35. The van der Waals surface area contributed by atoms with E-state index in [-0.39, 0.29) is 22.9 Å². The van der Waals surface area contributed by atoms with Crippen LogP contribution in [0.4, 0.5) is 0 Å². The van der Waals surface area contributed by atoms with E-state index in [4.69, 9.17) is 0 Å². The Kier molecular flexibility index (Phi) is 4.19. The molecule has 1 atom stereocenters. The first-order valence-electron chi connectivity index (χ1n) is 8.48. The molecule has 1 aromatic rings. The SMILES string of the molecule is CC1(C)CC(=O)C2=C(C1)NC1=C(C(=O)CSC1)C2c1ccc(Br)cc1. The van der Waals surface area contributed by atoms with Crippen molar-refractivity contribution in [2.45, 2.75) is 32.6 Å². The van der Waals surface area contributed by atoms with Gasteiger partial charge in [0.2, 0.25) is 0 Å². The van der Waals surface area contributed by atoms with E-state index < -0.39 is 0 Å². The van der Waals surface area contributed by atoms with Crippen molar-refractivity contribution in [3.8, 4) is 0 Å². The van der Waals surface area contributed by atoms with Crippen molar-refractivity contribution in [2.24, 2.45) is 5.41 Å². The maximum atomic E-state index is 13.0. The van der Waals surface area contributed by atoms with Gasteiger partial charge in [-0.05, 0) is 29.5 Å². The second kappa shape index (κ2) is 6.13. The Labute approximate surface area is 160 Å². The molecule has 3 aliphatic rings. The maximum absolute atomic E-state index is 13.0. The van der Waals surface area contributed by atoms with Gasteiger partial charge >= 0.3 is 0 Å². The summed E-state index contributed by atoms with van der Waals surface area (Å²) in [4.78, 5) is 25.8. The summed E-state index contributed by atoms with van der Waals surface area (Å²) >= 11 is 5.12. The van der Waals surface area contributed by atoms with E-state index in [1.807, 2.05) is 24.3 Å². The van der Waals surface area contributed by atoms with Crippen LogP contribution in [0.2, 0.25) is 0 Å². The van der Waals surface area contributed by atoms with E-state index in [0.29, 0.717) is 12.2 Å². The second-order valence-corrected chi connectivity index (χ2v) is 9.65. The smallest absolute Gasteiger partial charge is 0.171 e. The number of hydrogen-bond donors (Lipinski definition) is 1. The third kappa shape index (κ3) is 3.02. The largest absolute Gasteiger partial charge is 0.361 e. The molecule has 25 heavy (non-hydrogen) atoms. The molecular formula is C20H20BrNO2S. The van der Waals surface area contributed by atoms with Crippen LogP contribution in [0, 0.1) is 5.41 Å². The molecule has 0 bridgehead atoms. The molecule has 0 fully saturated rings. The van der Waals surface area contributed by atoms with Gasteiger partial charge in [-0.3, -0.25) is 9.59 Å². The van der Waals surface area contributed by atoms with E-state index in [1.54, 1.807) is 11.8 Å². The number of dihydropyridines is 1. The van der Waals surface area contributed by atoms with Crippen LogP contribution in [0.25, 0.3) is 0 Å². The first-order valence-corrected chi connectivity index (χ1v) is 10.4. The molecule has 5 heteroatoms. The molecule has 0 spiro atoms. The average molecular weight is 418 g/mol. The van der Waals surface area contributed by atoms with Crippen molar-refractivity contribution in [2.75, 3.05) is 11.5 Å². The number of ketones is 2. The minimum Gasteiger partial charge on any atom is -0.361 e. The van der Waals surface area contributed by atoms with E-state index in [9.17, 15) is 9.59 Å². The van der Waals surface area contributed by atoms with Crippen LogP contribution in [-0.4, -0.2) is 23.1 Å². The van der Waals surface area contributed by atoms with E-state index in [0.717, 1.165) is 44.8 Å². The fourth-order valence-corrected chi connectivity index (χ4v) is 5.24. The fourth-order valence-electron chi connectivity index (χ4n) is 4.10. The van der Waals surface area contributed by atoms with Gasteiger partial charge < -0.3 is 5.32 Å². The number of hydrogen-bond acceptors (Lipinski definition) is 4. The number of rotatable bonds is 1. The predicted molar refractivity (Wildman–Crippen MR) is 104 cm³/mol. The molecule has 1 N–H and O–H groups in total. The van der Waals surface area contributed by atoms with Crippen molar-refractivity contribution < 1.29 is 9.59 Å². The van der Waals surface area contributed by atoms with Crippen molar-refractivity contribution in [3.63, 3.8) is 0 Å². The monoisotopic (exact) mass is 417 g/mol. The summed E-state index contributed by atoms with van der Waals surface area (Å²) in [6.45, 7) is 4.27. The number of Topliss-reactive ketones (excluding diaryl/α,β-unsaturated/α-hetero) is 2. The number of thioether (sulfide) groups is 1. The van der Waals surface area contributed by atoms with Crippen LogP contribution in [-0.2, 0) is 9.59 Å². The van der Waals surface area contributed by atoms with Crippen LogP contribution in [0.3, 0.4) is 0 Å². The maximum Gasteiger partial charge on any atom is 0.171 e. The number of allylic oxidation sites excluding steroid dienone is 3. The molecule has 1 unspecified atom stereocenters. The molecule has 3 nitrogen and oxygen atoms in total. The van der Waals surface area contributed by atoms with E-state index >= 15 is 0 Å². The molecule has 0 aromatic heterocycles. The highest BCUT2D eigenvalue weighted by Gasteiger charge is 2.43. The molecule has 130 valence electrons. The highest BCUT2D eigenvalue weighted by Crippen LogP contribution is 2.48. The highest BCUT2D eigenvalue weighted by atomic mass is 79.9. The Morgan fingerprint density at radius 3 is 2.40 bits per heavy atom. The molecule has 0 saturated carbocycles. The standard InChI is InChI=1S/C20H20BrNO2S/c1-20(2)7-13-18(15(23)8-20)17(11-3-5-12(21)6-4-11)19-14(22-13)9-25-10-16(19)24/h3-6,17,22H,7-10H2,1-2H3. The van der Waals surface area contributed by atoms with Crippen LogP contribution >= 0.6 is 27.7 Å². The third-order valence-corrected chi connectivity index (χ3v) is 6.60. The zero-order chi connectivity index (χ0) is 17.8. The van der Waals surface area contributed by atoms with Crippen molar-refractivity contribution in [3.05, 3.63) is 56.8 Å². The average Bonchev–Trinajstić information content (AvgIpc) is 2.53. The van der Waals surface area contributed by atoms with Gasteiger partial charge in [-0.1, -0.05) is 41.9 Å². The lowest BCUT2D eigenvalue weighted by Gasteiger charge is -2.41. The first-order chi connectivity index (χ1) is 11.9. The Balaban J connectivity index is 1.90. The Bertz CT molecular complexity index is 836. The highest BCUT2D eigenvalue weighted by molar-refractivity contribution is 9.10. The summed E-state index contributed by atoms with van der Waals surface area (Å²) in [5, 5.41) is 3.47. The molecule has 0 radical (unpaired) electrons.